The number of hydrogen-bond acceptors (Lipinski definition) is 7. The van der Waals surface area contributed by atoms with E-state index in [4.69, 9.17) is 5.14 Å². The number of sulfonamides is 1. The van der Waals surface area contributed by atoms with Gasteiger partial charge in [0.05, 0.1) is 11.3 Å². The van der Waals surface area contributed by atoms with E-state index in [2.05, 4.69) is 42.8 Å². The molecule has 226 valence electrons. The number of amides is 1. The number of benzene rings is 2. The lowest BCUT2D eigenvalue weighted by Gasteiger charge is -2.39. The highest BCUT2D eigenvalue weighted by Gasteiger charge is 2.31. The molecule has 5 rings (SSSR count). The first kappa shape index (κ1) is 30.5. The molecule has 3 aromatic rings. The van der Waals surface area contributed by atoms with E-state index >= 15 is 0 Å². The second-order valence-electron chi connectivity index (χ2n) is 11.9. The van der Waals surface area contributed by atoms with Gasteiger partial charge in [0.2, 0.25) is 10.0 Å². The summed E-state index contributed by atoms with van der Waals surface area (Å²) < 4.78 is 24.2. The van der Waals surface area contributed by atoms with E-state index in [1.165, 1.54) is 17.2 Å². The maximum atomic E-state index is 13.9. The minimum atomic E-state index is -3.91. The van der Waals surface area contributed by atoms with Gasteiger partial charge in [-0.3, -0.25) is 4.79 Å². The maximum absolute atomic E-state index is 13.9. The number of primary sulfonamides is 1. The largest absolute Gasteiger partial charge is 0.370 e. The highest BCUT2D eigenvalue weighted by Crippen LogP contribution is 2.34. The number of nitriles is 1. The van der Waals surface area contributed by atoms with Crippen LogP contribution in [0.15, 0.2) is 53.6 Å². The second kappa shape index (κ2) is 12.3. The number of piperidine rings is 1. The Morgan fingerprint density at radius 3 is 2.42 bits per heavy atom. The highest BCUT2D eigenvalue weighted by atomic mass is 32.2. The van der Waals surface area contributed by atoms with Gasteiger partial charge in [-0.25, -0.2) is 18.5 Å². The summed E-state index contributed by atoms with van der Waals surface area (Å²) in [5.74, 6) is 1.25. The standard InChI is InChI=1S/C33H40N6O3S/c1-22-18-23(2)31(33(40)38-16-14-37(15-17-38)32-30(43(35,41)42)10-7-12-36-32)25(4)28(22)19-26-11-13-39(21-24(26)3)29-9-6-5-8-27(29)20-34/h5-10,12,18,24,26H,11,13-17,19,21H2,1-4H3,(H2,35,41,42)/t24-,26+/m0/s1. The number of hydrogen-bond donors (Lipinski definition) is 1. The lowest BCUT2D eigenvalue weighted by Crippen LogP contribution is -2.49. The van der Waals surface area contributed by atoms with Crippen molar-refractivity contribution in [2.75, 3.05) is 49.1 Å². The van der Waals surface area contributed by atoms with Crippen molar-refractivity contribution in [1.82, 2.24) is 9.88 Å². The van der Waals surface area contributed by atoms with Crippen molar-refractivity contribution in [3.8, 4) is 6.07 Å². The molecule has 2 aromatic carbocycles. The van der Waals surface area contributed by atoms with Crippen LogP contribution in [0.4, 0.5) is 11.5 Å². The molecule has 0 spiro atoms. The molecule has 43 heavy (non-hydrogen) atoms. The number of para-hydroxylation sites is 1. The van der Waals surface area contributed by atoms with Gasteiger partial charge in [0.15, 0.2) is 0 Å². The number of carbonyl (C=O) groups is 1. The fraction of sp³-hybridized carbons (Fsp3) is 0.424. The molecule has 9 nitrogen and oxygen atoms in total. The summed E-state index contributed by atoms with van der Waals surface area (Å²) >= 11 is 0. The molecular formula is C33H40N6O3S. The smallest absolute Gasteiger partial charge is 0.254 e. The van der Waals surface area contributed by atoms with E-state index in [0.29, 0.717) is 49.4 Å². The summed E-state index contributed by atoms with van der Waals surface area (Å²) in [5.41, 5.74) is 6.99. The predicted octanol–water partition coefficient (Wildman–Crippen LogP) is 4.19. The van der Waals surface area contributed by atoms with Crippen LogP contribution in [0.1, 0.15) is 51.5 Å². The molecule has 1 aromatic heterocycles. The predicted molar refractivity (Wildman–Crippen MR) is 169 cm³/mol. The lowest BCUT2D eigenvalue weighted by atomic mass is 9.79. The first-order valence-corrected chi connectivity index (χ1v) is 16.4. The van der Waals surface area contributed by atoms with Crippen molar-refractivity contribution in [2.24, 2.45) is 17.0 Å². The molecule has 0 saturated carbocycles. The summed E-state index contributed by atoms with van der Waals surface area (Å²) in [6.45, 7) is 12.2. The lowest BCUT2D eigenvalue weighted by molar-refractivity contribution is 0.0744. The average molecular weight is 601 g/mol. The monoisotopic (exact) mass is 600 g/mol. The van der Waals surface area contributed by atoms with Gasteiger partial charge in [-0.2, -0.15) is 5.26 Å². The van der Waals surface area contributed by atoms with Gasteiger partial charge < -0.3 is 14.7 Å². The van der Waals surface area contributed by atoms with E-state index in [1.807, 2.05) is 41.0 Å². The molecule has 0 bridgehead atoms. The highest BCUT2D eigenvalue weighted by molar-refractivity contribution is 7.89. The molecule has 1 amide bonds. The topological polar surface area (TPSA) is 124 Å². The fourth-order valence-corrected chi connectivity index (χ4v) is 7.52. The molecule has 2 N–H and O–H groups in total. The number of anilines is 2. The first-order chi connectivity index (χ1) is 20.5. The third-order valence-electron chi connectivity index (χ3n) is 9.18. The summed E-state index contributed by atoms with van der Waals surface area (Å²) in [4.78, 5) is 24.3. The van der Waals surface area contributed by atoms with Crippen LogP contribution in [-0.2, 0) is 16.4 Å². The van der Waals surface area contributed by atoms with Crippen molar-refractivity contribution in [1.29, 1.82) is 5.26 Å². The molecule has 2 atom stereocenters. The Morgan fingerprint density at radius 1 is 1.02 bits per heavy atom. The van der Waals surface area contributed by atoms with Crippen LogP contribution in [0, 0.1) is 43.9 Å². The van der Waals surface area contributed by atoms with Gasteiger partial charge in [-0.05, 0) is 92.0 Å². The van der Waals surface area contributed by atoms with Crippen LogP contribution in [0.2, 0.25) is 0 Å². The third-order valence-corrected chi connectivity index (χ3v) is 10.1. The number of piperazine rings is 1. The number of nitrogens with zero attached hydrogens (tertiary/aromatic N) is 5. The summed E-state index contributed by atoms with van der Waals surface area (Å²) in [5, 5.41) is 15.0. The van der Waals surface area contributed by atoms with E-state index in [0.717, 1.165) is 48.3 Å². The molecular weight excluding hydrogens is 560 g/mol. The Balaban J connectivity index is 1.30. The van der Waals surface area contributed by atoms with E-state index < -0.39 is 10.0 Å². The second-order valence-corrected chi connectivity index (χ2v) is 13.5. The van der Waals surface area contributed by atoms with E-state index in [-0.39, 0.29) is 10.8 Å². The SMILES string of the molecule is Cc1cc(C)c(C(=O)N2CCN(c3ncccc3S(N)(=O)=O)CC2)c(C)c1C[C@H]1CCN(c2ccccc2C#N)C[C@@H]1C. The Hall–Kier alpha value is -3.94. The molecule has 2 aliphatic heterocycles. The van der Waals surface area contributed by atoms with Crippen molar-refractivity contribution in [2.45, 2.75) is 45.4 Å². The number of rotatable bonds is 6. The van der Waals surface area contributed by atoms with Gasteiger partial charge in [0, 0.05) is 51.0 Å². The Labute approximate surface area is 255 Å². The molecule has 2 saturated heterocycles. The Morgan fingerprint density at radius 2 is 1.74 bits per heavy atom. The van der Waals surface area contributed by atoms with Crippen LogP contribution >= 0.6 is 0 Å². The average Bonchev–Trinajstić information content (AvgIpc) is 2.99. The van der Waals surface area contributed by atoms with Crippen molar-refractivity contribution in [3.63, 3.8) is 0 Å². The quantitative estimate of drug-likeness (QED) is 0.450. The Kier molecular flexibility index (Phi) is 8.76. The van der Waals surface area contributed by atoms with Crippen molar-refractivity contribution >= 4 is 27.4 Å². The zero-order chi connectivity index (χ0) is 30.9. The summed E-state index contributed by atoms with van der Waals surface area (Å²) in [6, 6.07) is 15.3. The number of nitrogens with two attached hydrogens (primary N) is 1. The van der Waals surface area contributed by atoms with Crippen LogP contribution < -0.4 is 14.9 Å². The third kappa shape index (κ3) is 6.24. The molecule has 2 fully saturated rings. The number of aryl methyl sites for hydroxylation is 2. The van der Waals surface area contributed by atoms with Gasteiger partial charge in [-0.15, -0.1) is 0 Å². The Bertz CT molecular complexity index is 1670. The molecule has 10 heteroatoms. The van der Waals surface area contributed by atoms with Crippen molar-refractivity contribution in [3.05, 3.63) is 82.0 Å². The molecule has 0 unspecified atom stereocenters. The van der Waals surface area contributed by atoms with Crippen molar-refractivity contribution < 1.29 is 13.2 Å². The minimum absolute atomic E-state index is 0.000948. The molecule has 0 radical (unpaired) electrons. The number of aromatic nitrogens is 1. The number of carbonyl (C=O) groups excluding carboxylic acids is 1. The van der Waals surface area contributed by atoms with Crippen LogP contribution in [0.5, 0.6) is 0 Å². The van der Waals surface area contributed by atoms with E-state index in [1.54, 1.807) is 12.3 Å². The minimum Gasteiger partial charge on any atom is -0.370 e. The van der Waals surface area contributed by atoms with Gasteiger partial charge in [0.1, 0.15) is 16.8 Å². The number of pyridine rings is 1. The molecule has 2 aliphatic rings. The van der Waals surface area contributed by atoms with Gasteiger partial charge in [0.25, 0.3) is 5.91 Å². The van der Waals surface area contributed by atoms with E-state index in [9.17, 15) is 18.5 Å². The van der Waals surface area contributed by atoms with Crippen LogP contribution in [0.3, 0.4) is 0 Å². The molecule has 0 aliphatic carbocycles. The van der Waals surface area contributed by atoms with Crippen LogP contribution in [0.25, 0.3) is 0 Å². The van der Waals surface area contributed by atoms with Crippen LogP contribution in [-0.4, -0.2) is 63.5 Å². The summed E-state index contributed by atoms with van der Waals surface area (Å²) in [7, 11) is -3.91. The molecule has 3 heterocycles. The zero-order valence-corrected chi connectivity index (χ0v) is 26.2. The normalized spacial score (nSPS) is 19.3. The van der Waals surface area contributed by atoms with Gasteiger partial charge in [-0.1, -0.05) is 25.1 Å². The van der Waals surface area contributed by atoms with Gasteiger partial charge >= 0.3 is 0 Å². The summed E-state index contributed by atoms with van der Waals surface area (Å²) in [6.07, 6.45) is 3.49. The first-order valence-electron chi connectivity index (χ1n) is 14.8. The maximum Gasteiger partial charge on any atom is 0.254 e. The zero-order valence-electron chi connectivity index (χ0n) is 25.4. The fourth-order valence-electron chi connectivity index (χ4n) is 6.81.